The van der Waals surface area contributed by atoms with Crippen LogP contribution >= 0.6 is 0 Å². The van der Waals surface area contributed by atoms with E-state index in [1.807, 2.05) is 34.9 Å². The number of rotatable bonds is 2. The Morgan fingerprint density at radius 2 is 2.05 bits per heavy atom. The van der Waals surface area contributed by atoms with E-state index in [1.165, 1.54) is 0 Å². The number of hydrogen-bond acceptors (Lipinski definition) is 5. The second-order valence-electron chi connectivity index (χ2n) is 4.56. The van der Waals surface area contributed by atoms with Crippen LogP contribution in [0.5, 0.6) is 0 Å². The summed E-state index contributed by atoms with van der Waals surface area (Å²) in [7, 11) is 0. The molecule has 0 aliphatic carbocycles. The van der Waals surface area contributed by atoms with E-state index in [0.717, 1.165) is 27.6 Å². The van der Waals surface area contributed by atoms with Crippen molar-refractivity contribution in [1.82, 2.24) is 19.7 Å². The summed E-state index contributed by atoms with van der Waals surface area (Å²) in [5.74, 6) is 0.446. The summed E-state index contributed by atoms with van der Waals surface area (Å²) in [6.07, 6.45) is 3.29. The third kappa shape index (κ3) is 1.55. The molecule has 0 fully saturated rings. The largest absolute Gasteiger partial charge is 0.369 e. The van der Waals surface area contributed by atoms with Crippen molar-refractivity contribution in [3.8, 4) is 0 Å². The molecule has 2 N–H and O–H groups in total. The van der Waals surface area contributed by atoms with Crippen molar-refractivity contribution in [2.45, 2.75) is 6.54 Å². The maximum absolute atomic E-state index is 6.03. The van der Waals surface area contributed by atoms with Crippen LogP contribution in [0.4, 0.5) is 5.95 Å². The first-order valence-electron chi connectivity index (χ1n) is 6.21. The van der Waals surface area contributed by atoms with Gasteiger partial charge in [0.15, 0.2) is 0 Å². The molecule has 3 heterocycles. The highest BCUT2D eigenvalue weighted by atomic mass is 16.5. The average molecular weight is 265 g/mol. The number of para-hydroxylation sites is 1. The zero-order valence-corrected chi connectivity index (χ0v) is 10.5. The van der Waals surface area contributed by atoms with E-state index in [0.29, 0.717) is 12.5 Å². The molecule has 6 heteroatoms. The van der Waals surface area contributed by atoms with Crippen LogP contribution in [0.1, 0.15) is 5.69 Å². The van der Waals surface area contributed by atoms with Crippen molar-refractivity contribution < 1.29 is 4.52 Å². The van der Waals surface area contributed by atoms with Gasteiger partial charge in [0.25, 0.3) is 0 Å². The van der Waals surface area contributed by atoms with Crippen molar-refractivity contribution in [3.05, 3.63) is 48.5 Å². The molecule has 0 atom stereocenters. The summed E-state index contributed by atoms with van der Waals surface area (Å²) in [6.45, 7) is 0.521. The highest BCUT2D eigenvalue weighted by molar-refractivity contribution is 6.02. The normalized spacial score (nSPS) is 11.4. The number of nitrogens with zero attached hydrogens (tertiary/aromatic N) is 4. The van der Waals surface area contributed by atoms with Crippen LogP contribution in [0.3, 0.4) is 0 Å². The first-order valence-corrected chi connectivity index (χ1v) is 6.21. The number of anilines is 1. The fraction of sp³-hybridized carbons (Fsp3) is 0.0714. The number of hydrogen-bond donors (Lipinski definition) is 1. The van der Waals surface area contributed by atoms with Gasteiger partial charge in [0.1, 0.15) is 17.5 Å². The van der Waals surface area contributed by atoms with Gasteiger partial charge in [0.2, 0.25) is 5.95 Å². The summed E-state index contributed by atoms with van der Waals surface area (Å²) in [5, 5.41) is 4.95. The molecule has 0 aliphatic rings. The van der Waals surface area contributed by atoms with E-state index in [1.54, 1.807) is 12.5 Å². The molecule has 98 valence electrons. The second-order valence-corrected chi connectivity index (χ2v) is 4.56. The smallest absolute Gasteiger partial charge is 0.201 e. The fourth-order valence-electron chi connectivity index (χ4n) is 2.42. The summed E-state index contributed by atoms with van der Waals surface area (Å²) < 4.78 is 6.79. The van der Waals surface area contributed by atoms with Crippen LogP contribution in [0.25, 0.3) is 21.9 Å². The number of imidazole rings is 1. The van der Waals surface area contributed by atoms with Crippen molar-refractivity contribution in [2.75, 3.05) is 5.73 Å². The lowest BCUT2D eigenvalue weighted by Gasteiger charge is -2.05. The topological polar surface area (TPSA) is 82.8 Å². The Bertz CT molecular complexity index is 895. The molecule has 0 aliphatic heterocycles. The molecule has 0 radical (unpaired) electrons. The molecule has 20 heavy (non-hydrogen) atoms. The minimum absolute atomic E-state index is 0.446. The van der Waals surface area contributed by atoms with Crippen LogP contribution < -0.4 is 5.73 Å². The van der Waals surface area contributed by atoms with Crippen molar-refractivity contribution >= 4 is 27.9 Å². The van der Waals surface area contributed by atoms with Crippen molar-refractivity contribution in [1.29, 1.82) is 0 Å². The van der Waals surface area contributed by atoms with Gasteiger partial charge in [-0.2, -0.15) is 0 Å². The maximum Gasteiger partial charge on any atom is 0.201 e. The molecule has 3 aromatic heterocycles. The predicted octanol–water partition coefficient (Wildman–Crippen LogP) is 2.20. The Hall–Kier alpha value is -2.89. The minimum Gasteiger partial charge on any atom is -0.369 e. The average Bonchev–Trinajstić information content (AvgIpc) is 3.08. The first kappa shape index (κ1) is 11.0. The Morgan fingerprint density at radius 3 is 2.90 bits per heavy atom. The fourth-order valence-corrected chi connectivity index (χ4v) is 2.42. The number of fused-ring (bicyclic) bond motifs is 3. The quantitative estimate of drug-likeness (QED) is 0.600. The van der Waals surface area contributed by atoms with Crippen molar-refractivity contribution in [3.63, 3.8) is 0 Å². The van der Waals surface area contributed by atoms with Crippen molar-refractivity contribution in [2.24, 2.45) is 0 Å². The first-order chi connectivity index (χ1) is 9.83. The predicted molar refractivity (Wildman–Crippen MR) is 75.1 cm³/mol. The van der Waals surface area contributed by atoms with Gasteiger partial charge in [0, 0.05) is 11.5 Å². The molecular weight excluding hydrogens is 254 g/mol. The number of aromatic nitrogens is 4. The summed E-state index contributed by atoms with van der Waals surface area (Å²) >= 11 is 0. The maximum atomic E-state index is 6.03. The number of nitrogen functional groups attached to an aromatic ring is 1. The zero-order valence-electron chi connectivity index (χ0n) is 10.5. The Kier molecular flexibility index (Phi) is 2.23. The molecule has 0 saturated carbocycles. The lowest BCUT2D eigenvalue weighted by Crippen LogP contribution is -2.05. The summed E-state index contributed by atoms with van der Waals surface area (Å²) in [4.78, 5) is 8.76. The molecule has 0 amide bonds. The third-order valence-electron chi connectivity index (χ3n) is 3.32. The molecule has 4 rings (SSSR count). The standard InChI is InChI=1S/C14H11N5O/c15-14-17-12-7-16-11-4-2-1-3-10(11)13(12)19(14)8-9-5-6-20-18-9/h1-7H,8H2,(H2,15,17). The lowest BCUT2D eigenvalue weighted by atomic mass is 10.2. The van der Waals surface area contributed by atoms with Gasteiger partial charge < -0.3 is 14.8 Å². The van der Waals surface area contributed by atoms with Crippen LogP contribution in [-0.2, 0) is 6.54 Å². The highest BCUT2D eigenvalue weighted by Crippen LogP contribution is 2.26. The van der Waals surface area contributed by atoms with E-state index in [9.17, 15) is 0 Å². The molecule has 0 saturated heterocycles. The van der Waals surface area contributed by atoms with E-state index < -0.39 is 0 Å². The summed E-state index contributed by atoms with van der Waals surface area (Å²) in [5.41, 5.74) is 9.50. The molecule has 0 unspecified atom stereocenters. The van der Waals surface area contributed by atoms with E-state index in [2.05, 4.69) is 15.1 Å². The zero-order chi connectivity index (χ0) is 13.5. The van der Waals surface area contributed by atoms with Gasteiger partial charge in [0.05, 0.1) is 23.8 Å². The molecule has 6 nitrogen and oxygen atoms in total. The van der Waals surface area contributed by atoms with Gasteiger partial charge >= 0.3 is 0 Å². The highest BCUT2D eigenvalue weighted by Gasteiger charge is 2.13. The summed E-state index contributed by atoms with van der Waals surface area (Å²) in [6, 6.07) is 9.74. The monoisotopic (exact) mass is 265 g/mol. The van der Waals surface area contributed by atoms with Gasteiger partial charge in [-0.1, -0.05) is 23.4 Å². The lowest BCUT2D eigenvalue weighted by molar-refractivity contribution is 0.410. The van der Waals surface area contributed by atoms with E-state index in [4.69, 9.17) is 10.3 Å². The van der Waals surface area contributed by atoms with Crippen LogP contribution in [0, 0.1) is 0 Å². The van der Waals surface area contributed by atoms with Gasteiger partial charge in [-0.05, 0) is 6.07 Å². The van der Waals surface area contributed by atoms with Gasteiger partial charge in [-0.25, -0.2) is 4.98 Å². The Morgan fingerprint density at radius 1 is 1.15 bits per heavy atom. The Labute approximate surface area is 113 Å². The van der Waals surface area contributed by atoms with Crippen LogP contribution in [0.2, 0.25) is 0 Å². The van der Waals surface area contributed by atoms with Crippen LogP contribution in [-0.4, -0.2) is 19.7 Å². The minimum atomic E-state index is 0.446. The SMILES string of the molecule is Nc1nc2cnc3ccccc3c2n1Cc1ccon1. The van der Waals surface area contributed by atoms with E-state index in [-0.39, 0.29) is 0 Å². The third-order valence-corrected chi connectivity index (χ3v) is 3.32. The van der Waals surface area contributed by atoms with Gasteiger partial charge in [-0.3, -0.25) is 4.98 Å². The van der Waals surface area contributed by atoms with Crippen LogP contribution in [0.15, 0.2) is 47.3 Å². The second kappa shape index (κ2) is 4.06. The number of nitrogens with two attached hydrogens (primary N) is 1. The molecule has 0 spiro atoms. The molecule has 1 aromatic carbocycles. The molecule has 0 bridgehead atoms. The van der Waals surface area contributed by atoms with E-state index >= 15 is 0 Å². The molecular formula is C14H11N5O. The van der Waals surface area contributed by atoms with Gasteiger partial charge in [-0.15, -0.1) is 0 Å². The number of benzene rings is 1. The number of pyridine rings is 1. The Balaban J connectivity index is 2.03. The molecule has 4 aromatic rings.